The lowest BCUT2D eigenvalue weighted by Gasteiger charge is -2.34. The number of furan rings is 2. The summed E-state index contributed by atoms with van der Waals surface area (Å²) in [5, 5.41) is 4.07. The van der Waals surface area contributed by atoms with Crippen molar-refractivity contribution in [2.24, 2.45) is 0 Å². The monoisotopic (exact) mass is 1040 g/mol. The molecule has 2 aliphatic rings. The van der Waals surface area contributed by atoms with Crippen molar-refractivity contribution in [3.05, 3.63) is 293 Å². The highest BCUT2D eigenvalue weighted by Gasteiger charge is 2.55. The Morgan fingerprint density at radius 1 is 0.346 bits per heavy atom. The van der Waals surface area contributed by atoms with E-state index >= 15 is 0 Å². The SMILES string of the molecule is Cc1ccc(N(c2ccc(C)cc2-c2ccccc2)c2cc3c(c4oc5ccccc5c24)-c2c(cc(N(c4ccc(C)cc4)c4ncc(C)cc4-c4ccccc4)c4c2oc2ccccc24)C32c3ccccc3-c3ccccc32)cc1. The molecule has 0 N–H and O–H groups in total. The van der Waals surface area contributed by atoms with Gasteiger partial charge >= 0.3 is 0 Å². The van der Waals surface area contributed by atoms with E-state index in [4.69, 9.17) is 13.8 Å². The number of hydrogen-bond donors (Lipinski definition) is 0. The summed E-state index contributed by atoms with van der Waals surface area (Å²) in [6.07, 6.45) is 2.00. The molecule has 3 heterocycles. The van der Waals surface area contributed by atoms with Crippen molar-refractivity contribution in [3.63, 3.8) is 0 Å². The summed E-state index contributed by atoms with van der Waals surface area (Å²) in [4.78, 5) is 10.3. The topological polar surface area (TPSA) is 45.7 Å². The van der Waals surface area contributed by atoms with Gasteiger partial charge in [0.15, 0.2) is 0 Å². The molecule has 11 aromatic carbocycles. The van der Waals surface area contributed by atoms with E-state index in [0.29, 0.717) is 0 Å². The first-order valence-corrected chi connectivity index (χ1v) is 27.9. The zero-order valence-electron chi connectivity index (χ0n) is 45.3. The molecule has 0 radical (unpaired) electrons. The predicted octanol–water partition coefficient (Wildman–Crippen LogP) is 20.7. The summed E-state index contributed by atoms with van der Waals surface area (Å²) < 4.78 is 15.2. The maximum Gasteiger partial charge on any atom is 0.145 e. The molecule has 1 spiro atoms. The van der Waals surface area contributed by atoms with Crippen LogP contribution in [0.5, 0.6) is 0 Å². The normalized spacial score (nSPS) is 12.8. The van der Waals surface area contributed by atoms with E-state index in [1.54, 1.807) is 0 Å². The van der Waals surface area contributed by atoms with Gasteiger partial charge in [-0.25, -0.2) is 4.98 Å². The lowest BCUT2D eigenvalue weighted by molar-refractivity contribution is 0.665. The van der Waals surface area contributed by atoms with Crippen molar-refractivity contribution in [1.82, 2.24) is 4.98 Å². The summed E-state index contributed by atoms with van der Waals surface area (Å²) in [5.74, 6) is 0.821. The maximum absolute atomic E-state index is 7.58. The average molecular weight is 1040 g/mol. The molecule has 0 fully saturated rings. The molecule has 0 bridgehead atoms. The van der Waals surface area contributed by atoms with E-state index in [2.05, 4.69) is 280 Å². The van der Waals surface area contributed by atoms with Crippen LogP contribution >= 0.6 is 0 Å². The first kappa shape index (κ1) is 46.8. The second kappa shape index (κ2) is 17.9. The number of aromatic nitrogens is 1. The largest absolute Gasteiger partial charge is 0.455 e. The molecule has 3 aromatic heterocycles. The summed E-state index contributed by atoms with van der Waals surface area (Å²) in [7, 11) is 0. The maximum atomic E-state index is 7.58. The Morgan fingerprint density at radius 2 is 0.790 bits per heavy atom. The molecule has 16 rings (SSSR count). The number of benzene rings is 11. The van der Waals surface area contributed by atoms with Gasteiger partial charge in [0.2, 0.25) is 0 Å². The van der Waals surface area contributed by atoms with Crippen molar-refractivity contribution in [1.29, 1.82) is 0 Å². The van der Waals surface area contributed by atoms with Crippen molar-refractivity contribution >= 4 is 78.1 Å². The fourth-order valence-electron chi connectivity index (χ4n) is 13.6. The third-order valence-electron chi connectivity index (χ3n) is 17.1. The van der Waals surface area contributed by atoms with Crippen LogP contribution in [0.1, 0.15) is 44.5 Å². The highest BCUT2D eigenvalue weighted by molar-refractivity contribution is 6.25. The van der Waals surface area contributed by atoms with Crippen LogP contribution in [-0.2, 0) is 5.41 Å². The van der Waals surface area contributed by atoms with Crippen LogP contribution in [0, 0.1) is 27.7 Å². The smallest absolute Gasteiger partial charge is 0.145 e. The van der Waals surface area contributed by atoms with Gasteiger partial charge in [0, 0.05) is 50.6 Å². The number of rotatable bonds is 8. The Hall–Kier alpha value is -10.2. The van der Waals surface area contributed by atoms with Gasteiger partial charge < -0.3 is 13.7 Å². The lowest BCUT2D eigenvalue weighted by Crippen LogP contribution is -2.27. The Balaban J connectivity index is 1.11. The van der Waals surface area contributed by atoms with Crippen LogP contribution in [0.3, 0.4) is 0 Å². The number of anilines is 6. The zero-order valence-corrected chi connectivity index (χ0v) is 45.3. The van der Waals surface area contributed by atoms with E-state index in [1.807, 2.05) is 6.20 Å². The van der Waals surface area contributed by atoms with E-state index in [1.165, 1.54) is 38.9 Å². The Morgan fingerprint density at radius 3 is 1.35 bits per heavy atom. The lowest BCUT2D eigenvalue weighted by atomic mass is 9.70. The van der Waals surface area contributed by atoms with Crippen LogP contribution < -0.4 is 9.80 Å². The minimum atomic E-state index is -0.877. The molecular weight excluding hydrogens is 987 g/mol. The van der Waals surface area contributed by atoms with Crippen LogP contribution in [0.15, 0.2) is 258 Å². The summed E-state index contributed by atoms with van der Waals surface area (Å²) >= 11 is 0. The van der Waals surface area contributed by atoms with Gasteiger partial charge in [-0.15, -0.1) is 0 Å². The average Bonchev–Trinajstić information content (AvgIpc) is 3.55. The van der Waals surface area contributed by atoms with Crippen LogP contribution in [0.25, 0.3) is 88.4 Å². The first-order valence-electron chi connectivity index (χ1n) is 27.9. The Kier molecular flexibility index (Phi) is 10.3. The van der Waals surface area contributed by atoms with Crippen LogP contribution in [0.4, 0.5) is 34.3 Å². The molecule has 0 aliphatic heterocycles. The van der Waals surface area contributed by atoms with E-state index < -0.39 is 5.41 Å². The van der Waals surface area contributed by atoms with Crippen molar-refractivity contribution in [2.75, 3.05) is 9.80 Å². The third-order valence-corrected chi connectivity index (χ3v) is 17.1. The number of nitrogens with zero attached hydrogens (tertiary/aromatic N) is 3. The van der Waals surface area contributed by atoms with Gasteiger partial charge in [0.05, 0.1) is 33.2 Å². The van der Waals surface area contributed by atoms with Gasteiger partial charge in [-0.05, 0) is 144 Å². The minimum absolute atomic E-state index is 0.795. The standard InChI is InChI=1S/C76H53N3O2/c1-46-31-36-52(37-32-46)78(64-40-35-48(3)41-58(64)50-19-7-5-8-20-50)65-43-62-71(73-69(65)56-25-13-17-29-67(56)80-73)72-63(76(62)60-27-15-11-23-54(60)55-24-12-16-28-61(55)76)44-66(70-57-26-14-18-30-68(57)81-74(70)72)79(53-38-33-47(2)34-39-53)75-59(42-49(4)45-77-75)51-21-9-6-10-22-51/h5-45H,1-4H3. The first-order chi connectivity index (χ1) is 39.8. The molecule has 5 heteroatoms. The highest BCUT2D eigenvalue weighted by Crippen LogP contribution is 2.68. The molecule has 2 aliphatic carbocycles. The third kappa shape index (κ3) is 6.88. The molecular formula is C76H53N3O2. The van der Waals surface area contributed by atoms with E-state index in [9.17, 15) is 0 Å². The fraction of sp³-hybridized carbons (Fsp3) is 0.0658. The number of hydrogen-bond acceptors (Lipinski definition) is 5. The summed E-state index contributed by atoms with van der Waals surface area (Å²) in [6.45, 7) is 8.62. The van der Waals surface area contributed by atoms with Gasteiger partial charge in [-0.1, -0.05) is 193 Å². The van der Waals surface area contributed by atoms with Gasteiger partial charge in [-0.2, -0.15) is 0 Å². The molecule has 0 amide bonds. The highest BCUT2D eigenvalue weighted by atomic mass is 16.3. The molecule has 81 heavy (non-hydrogen) atoms. The van der Waals surface area contributed by atoms with E-state index in [-0.39, 0.29) is 0 Å². The van der Waals surface area contributed by atoms with Gasteiger partial charge in [0.25, 0.3) is 0 Å². The zero-order chi connectivity index (χ0) is 54.1. The summed E-state index contributed by atoms with van der Waals surface area (Å²) in [5.41, 5.74) is 25.5. The number of aryl methyl sites for hydroxylation is 4. The quantitative estimate of drug-likeness (QED) is 0.152. The van der Waals surface area contributed by atoms with Crippen molar-refractivity contribution in [3.8, 4) is 44.5 Å². The van der Waals surface area contributed by atoms with Crippen molar-refractivity contribution in [2.45, 2.75) is 33.1 Å². The van der Waals surface area contributed by atoms with Gasteiger partial charge in [0.1, 0.15) is 28.1 Å². The molecule has 0 saturated carbocycles. The molecule has 0 saturated heterocycles. The van der Waals surface area contributed by atoms with Gasteiger partial charge in [-0.3, -0.25) is 4.90 Å². The van der Waals surface area contributed by atoms with Crippen LogP contribution in [-0.4, -0.2) is 4.98 Å². The molecule has 0 unspecified atom stereocenters. The number of pyridine rings is 1. The molecule has 384 valence electrons. The molecule has 5 nitrogen and oxygen atoms in total. The second-order valence-corrected chi connectivity index (χ2v) is 22.1. The Bertz CT molecular complexity index is 4550. The van der Waals surface area contributed by atoms with Crippen molar-refractivity contribution < 1.29 is 8.83 Å². The number of para-hydroxylation sites is 2. The second-order valence-electron chi connectivity index (χ2n) is 22.1. The molecule has 0 atom stereocenters. The fourth-order valence-corrected chi connectivity index (χ4v) is 13.6. The minimum Gasteiger partial charge on any atom is -0.455 e. The summed E-state index contributed by atoms with van der Waals surface area (Å²) in [6, 6.07) is 88.7. The van der Waals surface area contributed by atoms with E-state index in [0.717, 1.165) is 128 Å². The molecule has 14 aromatic rings. The number of fused-ring (bicyclic) bond motifs is 18. The Labute approximate surface area is 470 Å². The van der Waals surface area contributed by atoms with Crippen LogP contribution in [0.2, 0.25) is 0 Å². The predicted molar refractivity (Wildman–Crippen MR) is 334 cm³/mol.